The zero-order valence-electron chi connectivity index (χ0n) is 21.8. The minimum absolute atomic E-state index is 0.101. The number of ether oxygens (including phenoxy) is 1. The average Bonchev–Trinajstić information content (AvgIpc) is 2.78. The Labute approximate surface area is 204 Å². The number of hydrogen-bond acceptors (Lipinski definition) is 4. The molecule has 0 fully saturated rings. The SMILES string of the molecule is CCC=C(C)Cc1ccc(N(C)CC)c2c1C(=O)c1c(OCCC[N+](C)(C)C)cccc1C2=O. The Morgan fingerprint density at radius 3 is 2.38 bits per heavy atom. The van der Waals surface area contributed by atoms with Gasteiger partial charge in [0.25, 0.3) is 0 Å². The number of rotatable bonds is 10. The van der Waals surface area contributed by atoms with Crippen LogP contribution in [0.15, 0.2) is 42.0 Å². The summed E-state index contributed by atoms with van der Waals surface area (Å²) < 4.78 is 6.94. The number of nitrogens with zero attached hydrogens (tertiary/aromatic N) is 2. The summed E-state index contributed by atoms with van der Waals surface area (Å²) in [6.45, 7) is 8.43. The lowest BCUT2D eigenvalue weighted by Gasteiger charge is -2.28. The van der Waals surface area contributed by atoms with Crippen molar-refractivity contribution in [2.45, 2.75) is 40.0 Å². The van der Waals surface area contributed by atoms with Crippen LogP contribution in [0.4, 0.5) is 5.69 Å². The summed E-state index contributed by atoms with van der Waals surface area (Å²) in [6, 6.07) is 9.37. The fourth-order valence-electron chi connectivity index (χ4n) is 4.54. The van der Waals surface area contributed by atoms with Crippen LogP contribution < -0.4 is 9.64 Å². The van der Waals surface area contributed by atoms with Gasteiger partial charge in [0.2, 0.25) is 0 Å². The van der Waals surface area contributed by atoms with E-state index in [9.17, 15) is 9.59 Å². The highest BCUT2D eigenvalue weighted by Crippen LogP contribution is 2.39. The summed E-state index contributed by atoms with van der Waals surface area (Å²) >= 11 is 0. The average molecular weight is 464 g/mol. The van der Waals surface area contributed by atoms with Crippen LogP contribution in [0, 0.1) is 0 Å². The Morgan fingerprint density at radius 2 is 1.74 bits per heavy atom. The summed E-state index contributed by atoms with van der Waals surface area (Å²) in [5, 5.41) is 0. The molecule has 2 aromatic carbocycles. The Bertz CT molecular complexity index is 1110. The van der Waals surface area contributed by atoms with Crippen molar-refractivity contribution in [1.29, 1.82) is 0 Å². The molecule has 0 unspecified atom stereocenters. The highest BCUT2D eigenvalue weighted by Gasteiger charge is 2.36. The summed E-state index contributed by atoms with van der Waals surface area (Å²) in [5.74, 6) is 0.289. The summed E-state index contributed by atoms with van der Waals surface area (Å²) in [5.41, 5.74) is 4.78. The number of benzene rings is 2. The standard InChI is InChI=1S/C29H39N2O3/c1-8-12-20(3)19-21-15-16-23(30(4)9-2)27-25(21)29(33)26-22(28(27)32)13-10-14-24(26)34-18-11-17-31(5,6)7/h10,12-16H,8-9,11,17-19H2,1-7H3/q+1. The van der Waals surface area contributed by atoms with Crippen LogP contribution in [0.2, 0.25) is 0 Å². The molecule has 34 heavy (non-hydrogen) atoms. The molecular formula is C29H39N2O3+. The number of carbonyl (C=O) groups is 2. The first-order chi connectivity index (χ1) is 16.1. The molecule has 0 saturated carbocycles. The topological polar surface area (TPSA) is 46.6 Å². The zero-order valence-corrected chi connectivity index (χ0v) is 21.8. The van der Waals surface area contributed by atoms with Crippen LogP contribution in [0.1, 0.15) is 71.0 Å². The van der Waals surface area contributed by atoms with Crippen molar-refractivity contribution in [3.8, 4) is 5.75 Å². The van der Waals surface area contributed by atoms with Crippen LogP contribution in [0.3, 0.4) is 0 Å². The number of hydrogen-bond donors (Lipinski definition) is 0. The van der Waals surface area contributed by atoms with Crippen LogP contribution in [0.25, 0.3) is 0 Å². The van der Waals surface area contributed by atoms with E-state index >= 15 is 0 Å². The van der Waals surface area contributed by atoms with Gasteiger partial charge >= 0.3 is 0 Å². The molecule has 0 aromatic heterocycles. The molecule has 0 radical (unpaired) electrons. The second-order valence-electron chi connectivity index (χ2n) is 10.2. The highest BCUT2D eigenvalue weighted by molar-refractivity contribution is 6.31. The molecule has 0 spiro atoms. The highest BCUT2D eigenvalue weighted by atomic mass is 16.5. The molecule has 0 saturated heterocycles. The number of fused-ring (bicyclic) bond motifs is 2. The van der Waals surface area contributed by atoms with E-state index in [1.807, 2.05) is 43.1 Å². The molecule has 0 atom stereocenters. The number of quaternary nitrogens is 1. The van der Waals surface area contributed by atoms with E-state index in [1.165, 1.54) is 5.57 Å². The molecule has 0 heterocycles. The van der Waals surface area contributed by atoms with Gasteiger partial charge in [-0.05, 0) is 44.4 Å². The number of anilines is 1. The summed E-state index contributed by atoms with van der Waals surface area (Å²) in [7, 11) is 8.39. The van der Waals surface area contributed by atoms with Crippen LogP contribution in [-0.2, 0) is 6.42 Å². The van der Waals surface area contributed by atoms with Gasteiger partial charge in [0.05, 0.1) is 45.4 Å². The first-order valence-corrected chi connectivity index (χ1v) is 12.3. The molecule has 1 aliphatic rings. The third-order valence-corrected chi connectivity index (χ3v) is 6.36. The monoisotopic (exact) mass is 463 g/mol. The second kappa shape index (κ2) is 10.6. The van der Waals surface area contributed by atoms with Crippen molar-refractivity contribution < 1.29 is 18.8 Å². The third kappa shape index (κ3) is 5.41. The lowest BCUT2D eigenvalue weighted by atomic mass is 9.79. The van der Waals surface area contributed by atoms with Crippen LogP contribution in [0.5, 0.6) is 5.75 Å². The molecule has 182 valence electrons. The van der Waals surface area contributed by atoms with Crippen molar-refractivity contribution in [1.82, 2.24) is 0 Å². The predicted molar refractivity (Wildman–Crippen MR) is 139 cm³/mol. The minimum atomic E-state index is -0.113. The fraction of sp³-hybridized carbons (Fsp3) is 0.448. The Morgan fingerprint density at radius 1 is 1.00 bits per heavy atom. The molecule has 0 N–H and O–H groups in total. The van der Waals surface area contributed by atoms with Gasteiger partial charge in [0.1, 0.15) is 5.75 Å². The lowest BCUT2D eigenvalue weighted by molar-refractivity contribution is -0.870. The van der Waals surface area contributed by atoms with E-state index in [0.29, 0.717) is 41.0 Å². The van der Waals surface area contributed by atoms with Gasteiger partial charge in [-0.3, -0.25) is 9.59 Å². The molecular weight excluding hydrogens is 424 g/mol. The molecule has 5 heteroatoms. The van der Waals surface area contributed by atoms with E-state index in [4.69, 9.17) is 4.74 Å². The van der Waals surface area contributed by atoms with Crippen molar-refractivity contribution >= 4 is 17.3 Å². The number of allylic oxidation sites excluding steroid dienone is 2. The maximum absolute atomic E-state index is 14.0. The van der Waals surface area contributed by atoms with E-state index in [2.05, 4.69) is 41.1 Å². The first-order valence-electron chi connectivity index (χ1n) is 12.3. The fourth-order valence-corrected chi connectivity index (χ4v) is 4.54. The van der Waals surface area contributed by atoms with Crippen LogP contribution >= 0.6 is 0 Å². The van der Waals surface area contributed by atoms with Crippen molar-refractivity contribution in [2.75, 3.05) is 52.8 Å². The van der Waals surface area contributed by atoms with Gasteiger partial charge in [-0.15, -0.1) is 0 Å². The first kappa shape index (κ1) is 25.7. The molecule has 0 amide bonds. The molecule has 0 bridgehead atoms. The van der Waals surface area contributed by atoms with Crippen molar-refractivity contribution in [2.24, 2.45) is 0 Å². The van der Waals surface area contributed by atoms with E-state index in [1.54, 1.807) is 6.07 Å². The lowest BCUT2D eigenvalue weighted by Crippen LogP contribution is -2.36. The molecule has 3 rings (SSSR count). The quantitative estimate of drug-likeness (QED) is 0.233. The summed E-state index contributed by atoms with van der Waals surface area (Å²) in [6.07, 6.45) is 4.62. The van der Waals surface area contributed by atoms with Gasteiger partial charge < -0.3 is 14.1 Å². The normalized spacial score (nSPS) is 13.6. The maximum Gasteiger partial charge on any atom is 0.198 e. The molecule has 0 aliphatic heterocycles. The maximum atomic E-state index is 14.0. The van der Waals surface area contributed by atoms with Crippen LogP contribution in [-0.4, -0.2) is 63.9 Å². The zero-order chi connectivity index (χ0) is 25.0. The number of ketones is 2. The minimum Gasteiger partial charge on any atom is -0.493 e. The van der Waals surface area contributed by atoms with Gasteiger partial charge in [-0.1, -0.05) is 36.8 Å². The Kier molecular flexibility index (Phi) is 7.98. The Hall–Kier alpha value is -2.92. The van der Waals surface area contributed by atoms with Gasteiger partial charge in [0, 0.05) is 36.8 Å². The van der Waals surface area contributed by atoms with E-state index in [-0.39, 0.29) is 11.6 Å². The van der Waals surface area contributed by atoms with E-state index < -0.39 is 0 Å². The van der Waals surface area contributed by atoms with E-state index in [0.717, 1.165) is 41.7 Å². The van der Waals surface area contributed by atoms with Gasteiger partial charge in [-0.2, -0.15) is 0 Å². The van der Waals surface area contributed by atoms with Gasteiger partial charge in [-0.25, -0.2) is 0 Å². The molecule has 5 nitrogen and oxygen atoms in total. The van der Waals surface area contributed by atoms with Crippen molar-refractivity contribution in [3.05, 3.63) is 69.8 Å². The second-order valence-corrected chi connectivity index (χ2v) is 10.2. The summed E-state index contributed by atoms with van der Waals surface area (Å²) in [4.78, 5) is 29.9. The van der Waals surface area contributed by atoms with Crippen molar-refractivity contribution in [3.63, 3.8) is 0 Å². The smallest absolute Gasteiger partial charge is 0.198 e. The van der Waals surface area contributed by atoms with Gasteiger partial charge in [0.15, 0.2) is 11.6 Å². The third-order valence-electron chi connectivity index (χ3n) is 6.36. The number of carbonyl (C=O) groups excluding carboxylic acids is 2. The molecule has 1 aliphatic carbocycles. The largest absolute Gasteiger partial charge is 0.493 e. The Balaban J connectivity index is 2.09. The molecule has 2 aromatic rings. The predicted octanol–water partition coefficient (Wildman–Crippen LogP) is 5.29.